The number of rotatable bonds is 2. The molecule has 2 rings (SSSR count). The first-order chi connectivity index (χ1) is 8.52. The molecule has 0 amide bonds. The highest BCUT2D eigenvalue weighted by atomic mass is 19.4. The number of hydrogen-bond acceptors (Lipinski definition) is 2. The predicted molar refractivity (Wildman–Crippen MR) is 60.6 cm³/mol. The Hall–Kier alpha value is -1.88. The van der Waals surface area contributed by atoms with Crippen molar-refractivity contribution in [3.63, 3.8) is 0 Å². The minimum Gasteiger partial charge on any atom is -0.392 e. The maximum absolute atomic E-state index is 12.8. The average molecular weight is 253 g/mol. The van der Waals surface area contributed by atoms with Crippen molar-refractivity contribution in [3.8, 4) is 11.3 Å². The first-order valence-corrected chi connectivity index (χ1v) is 5.25. The van der Waals surface area contributed by atoms with Crippen LogP contribution in [0, 0.1) is 0 Å². The topological polar surface area (TPSA) is 33.1 Å². The maximum atomic E-state index is 12.8. The van der Waals surface area contributed by atoms with Crippen LogP contribution < -0.4 is 0 Å². The Bertz CT molecular complexity index is 552. The van der Waals surface area contributed by atoms with Crippen LogP contribution in [0.4, 0.5) is 13.2 Å². The third kappa shape index (κ3) is 2.51. The Morgan fingerprint density at radius 1 is 1.11 bits per heavy atom. The first kappa shape index (κ1) is 12.6. The van der Waals surface area contributed by atoms with Gasteiger partial charge in [-0.1, -0.05) is 18.2 Å². The van der Waals surface area contributed by atoms with E-state index < -0.39 is 11.7 Å². The molecule has 0 atom stereocenters. The third-order valence-corrected chi connectivity index (χ3v) is 2.52. The van der Waals surface area contributed by atoms with Crippen LogP contribution in [-0.4, -0.2) is 10.1 Å². The zero-order valence-electron chi connectivity index (χ0n) is 9.28. The Morgan fingerprint density at radius 2 is 1.83 bits per heavy atom. The summed E-state index contributed by atoms with van der Waals surface area (Å²) in [7, 11) is 0. The fraction of sp³-hybridized carbons (Fsp3) is 0.154. The van der Waals surface area contributed by atoms with Crippen LogP contribution in [0.2, 0.25) is 0 Å². The van der Waals surface area contributed by atoms with E-state index in [1.54, 1.807) is 6.07 Å². The normalized spacial score (nSPS) is 11.6. The van der Waals surface area contributed by atoms with Crippen LogP contribution in [0.3, 0.4) is 0 Å². The minimum atomic E-state index is -4.42. The molecule has 0 radical (unpaired) electrons. The Morgan fingerprint density at radius 3 is 2.50 bits per heavy atom. The molecule has 1 aromatic carbocycles. The smallest absolute Gasteiger partial charge is 0.392 e. The number of halogens is 3. The molecule has 0 bridgehead atoms. The molecular weight excluding hydrogens is 243 g/mol. The predicted octanol–water partition coefficient (Wildman–Crippen LogP) is 3.26. The molecule has 1 heterocycles. The van der Waals surface area contributed by atoms with Crippen LogP contribution in [-0.2, 0) is 12.8 Å². The van der Waals surface area contributed by atoms with E-state index in [1.807, 2.05) is 0 Å². The highest BCUT2D eigenvalue weighted by molar-refractivity contribution is 5.64. The lowest BCUT2D eigenvalue weighted by molar-refractivity contribution is -0.137. The molecule has 0 aliphatic heterocycles. The number of nitrogens with zero attached hydrogens (tertiary/aromatic N) is 1. The summed E-state index contributed by atoms with van der Waals surface area (Å²) in [5.74, 6) is 0. The van der Waals surface area contributed by atoms with E-state index in [0.29, 0.717) is 5.56 Å². The molecule has 0 spiro atoms. The fourth-order valence-corrected chi connectivity index (χ4v) is 1.67. The highest BCUT2D eigenvalue weighted by Crippen LogP contribution is 2.36. The van der Waals surface area contributed by atoms with Crippen molar-refractivity contribution in [3.05, 3.63) is 53.7 Å². The van der Waals surface area contributed by atoms with Gasteiger partial charge in [0.05, 0.1) is 17.9 Å². The first-order valence-electron chi connectivity index (χ1n) is 5.25. The summed E-state index contributed by atoms with van der Waals surface area (Å²) < 4.78 is 38.5. The second-order valence-corrected chi connectivity index (χ2v) is 3.75. The van der Waals surface area contributed by atoms with Gasteiger partial charge in [-0.15, -0.1) is 0 Å². The molecule has 2 nitrogen and oxygen atoms in total. The summed E-state index contributed by atoms with van der Waals surface area (Å²) in [6.07, 6.45) is -3.04. The van der Waals surface area contributed by atoms with Crippen molar-refractivity contribution in [2.24, 2.45) is 0 Å². The van der Waals surface area contributed by atoms with Gasteiger partial charge in [0.15, 0.2) is 0 Å². The fourth-order valence-electron chi connectivity index (χ4n) is 1.67. The Labute approximate surface area is 102 Å². The van der Waals surface area contributed by atoms with Gasteiger partial charge in [0, 0.05) is 11.8 Å². The number of aromatic nitrogens is 1. The number of benzene rings is 1. The number of aliphatic hydroxyl groups is 1. The van der Waals surface area contributed by atoms with Crippen molar-refractivity contribution in [1.29, 1.82) is 0 Å². The lowest BCUT2D eigenvalue weighted by Crippen LogP contribution is -2.07. The molecule has 0 unspecified atom stereocenters. The largest absolute Gasteiger partial charge is 0.417 e. The van der Waals surface area contributed by atoms with Crippen LogP contribution >= 0.6 is 0 Å². The van der Waals surface area contributed by atoms with Gasteiger partial charge >= 0.3 is 6.18 Å². The van der Waals surface area contributed by atoms with E-state index in [1.165, 1.54) is 30.5 Å². The summed E-state index contributed by atoms with van der Waals surface area (Å²) in [4.78, 5) is 3.92. The lowest BCUT2D eigenvalue weighted by Gasteiger charge is -2.12. The van der Waals surface area contributed by atoms with E-state index in [4.69, 9.17) is 5.11 Å². The van der Waals surface area contributed by atoms with Crippen LogP contribution in [0.25, 0.3) is 11.3 Å². The maximum Gasteiger partial charge on any atom is 0.417 e. The molecule has 2 aromatic rings. The second-order valence-electron chi connectivity index (χ2n) is 3.75. The van der Waals surface area contributed by atoms with Gasteiger partial charge in [0.25, 0.3) is 0 Å². The summed E-state index contributed by atoms with van der Waals surface area (Å²) in [5.41, 5.74) is 0.0133. The number of alkyl halides is 3. The molecule has 0 saturated carbocycles. The monoisotopic (exact) mass is 253 g/mol. The summed E-state index contributed by atoms with van der Waals surface area (Å²) in [5, 5.41) is 8.99. The van der Waals surface area contributed by atoms with E-state index in [0.717, 1.165) is 6.07 Å². The molecule has 5 heteroatoms. The van der Waals surface area contributed by atoms with Gasteiger partial charge in [-0.25, -0.2) is 0 Å². The lowest BCUT2D eigenvalue weighted by atomic mass is 10.0. The molecule has 94 valence electrons. The van der Waals surface area contributed by atoms with Gasteiger partial charge in [-0.05, 0) is 23.8 Å². The van der Waals surface area contributed by atoms with E-state index >= 15 is 0 Å². The van der Waals surface area contributed by atoms with E-state index in [9.17, 15) is 13.2 Å². The van der Waals surface area contributed by atoms with E-state index in [2.05, 4.69) is 4.98 Å². The van der Waals surface area contributed by atoms with Crippen molar-refractivity contribution in [2.45, 2.75) is 12.8 Å². The molecule has 0 aliphatic rings. The average Bonchev–Trinajstić information content (AvgIpc) is 2.38. The Balaban J connectivity index is 2.57. The molecule has 1 N–H and O–H groups in total. The third-order valence-electron chi connectivity index (χ3n) is 2.52. The van der Waals surface area contributed by atoms with Gasteiger partial charge in [0.2, 0.25) is 0 Å². The molecular formula is C13H10F3NO. The van der Waals surface area contributed by atoms with Crippen molar-refractivity contribution in [2.75, 3.05) is 0 Å². The summed E-state index contributed by atoms with van der Waals surface area (Å²) >= 11 is 0. The second kappa shape index (κ2) is 4.78. The zero-order chi connectivity index (χ0) is 13.2. The zero-order valence-corrected chi connectivity index (χ0v) is 9.28. The van der Waals surface area contributed by atoms with Gasteiger partial charge in [-0.2, -0.15) is 13.2 Å². The molecule has 1 aromatic heterocycles. The standard InChI is InChI=1S/C13H10F3NO/c14-13(15,16)11-4-2-1-3-10(11)12-7-9(8-18)5-6-17-12/h1-7,18H,8H2. The summed E-state index contributed by atoms with van der Waals surface area (Å²) in [6, 6.07) is 8.25. The summed E-state index contributed by atoms with van der Waals surface area (Å²) in [6.45, 7) is -0.232. The van der Waals surface area contributed by atoms with Crippen LogP contribution in [0.5, 0.6) is 0 Å². The number of aliphatic hydroxyl groups excluding tert-OH is 1. The quantitative estimate of drug-likeness (QED) is 0.891. The van der Waals surface area contributed by atoms with Gasteiger partial charge in [-0.3, -0.25) is 4.98 Å². The minimum absolute atomic E-state index is 0.0142. The van der Waals surface area contributed by atoms with Crippen molar-refractivity contribution >= 4 is 0 Å². The van der Waals surface area contributed by atoms with Gasteiger partial charge < -0.3 is 5.11 Å². The van der Waals surface area contributed by atoms with Crippen LogP contribution in [0.15, 0.2) is 42.6 Å². The van der Waals surface area contributed by atoms with E-state index in [-0.39, 0.29) is 17.9 Å². The SMILES string of the molecule is OCc1ccnc(-c2ccccc2C(F)(F)F)c1. The number of hydrogen-bond donors (Lipinski definition) is 1. The molecule has 0 fully saturated rings. The molecule has 0 saturated heterocycles. The van der Waals surface area contributed by atoms with Crippen LogP contribution in [0.1, 0.15) is 11.1 Å². The molecule has 0 aliphatic carbocycles. The molecule has 18 heavy (non-hydrogen) atoms. The van der Waals surface area contributed by atoms with Crippen molar-refractivity contribution < 1.29 is 18.3 Å². The highest BCUT2D eigenvalue weighted by Gasteiger charge is 2.33. The number of pyridine rings is 1. The Kier molecular flexibility index (Phi) is 3.34. The van der Waals surface area contributed by atoms with Crippen molar-refractivity contribution in [1.82, 2.24) is 4.98 Å². The van der Waals surface area contributed by atoms with Gasteiger partial charge in [0.1, 0.15) is 0 Å².